The zero-order valence-corrected chi connectivity index (χ0v) is 17.1. The van der Waals surface area contributed by atoms with Gasteiger partial charge in [0.05, 0.1) is 22.6 Å². The average Bonchev–Trinajstić information content (AvgIpc) is 2.66. The van der Waals surface area contributed by atoms with Gasteiger partial charge in [-0.05, 0) is 41.0 Å². The topological polar surface area (TPSA) is 53.4 Å². The summed E-state index contributed by atoms with van der Waals surface area (Å²) >= 11 is 9.62. The van der Waals surface area contributed by atoms with E-state index in [9.17, 15) is 4.79 Å². The molecular formula is C18H23BrClN5O. The molecule has 6 nitrogen and oxygen atoms in total. The van der Waals surface area contributed by atoms with Crippen molar-refractivity contribution in [2.75, 3.05) is 49.5 Å². The smallest absolute Gasteiger partial charge is 0.282 e. The van der Waals surface area contributed by atoms with E-state index < -0.39 is 0 Å². The van der Waals surface area contributed by atoms with Crippen LogP contribution < -0.4 is 15.8 Å². The van der Waals surface area contributed by atoms with Crippen LogP contribution in [0.1, 0.15) is 6.42 Å². The third-order valence-corrected chi connectivity index (χ3v) is 5.70. The highest BCUT2D eigenvalue weighted by atomic mass is 79.9. The lowest BCUT2D eigenvalue weighted by Gasteiger charge is -2.36. The van der Waals surface area contributed by atoms with Crippen molar-refractivity contribution >= 4 is 38.9 Å². The van der Waals surface area contributed by atoms with E-state index in [1.807, 2.05) is 18.2 Å². The molecule has 0 saturated carbocycles. The van der Waals surface area contributed by atoms with Crippen LogP contribution >= 0.6 is 27.5 Å². The van der Waals surface area contributed by atoms with Crippen LogP contribution in [0.4, 0.5) is 11.4 Å². The second kappa shape index (κ2) is 8.88. The van der Waals surface area contributed by atoms with Gasteiger partial charge in [0, 0.05) is 39.8 Å². The van der Waals surface area contributed by atoms with E-state index in [1.165, 1.54) is 4.68 Å². The summed E-state index contributed by atoms with van der Waals surface area (Å²) in [4.78, 5) is 16.6. The van der Waals surface area contributed by atoms with Gasteiger partial charge in [0.25, 0.3) is 5.56 Å². The van der Waals surface area contributed by atoms with E-state index >= 15 is 0 Å². The van der Waals surface area contributed by atoms with Crippen LogP contribution in [0.2, 0.25) is 5.02 Å². The van der Waals surface area contributed by atoms with E-state index in [1.54, 1.807) is 13.2 Å². The molecule has 140 valence electrons. The molecule has 1 aromatic carbocycles. The first-order chi connectivity index (χ1) is 12.6. The number of rotatable bonds is 6. The average molecular weight is 441 g/mol. The Morgan fingerprint density at radius 3 is 2.69 bits per heavy atom. The lowest BCUT2D eigenvalue weighted by molar-refractivity contribution is 0.257. The number of aromatic nitrogens is 2. The molecule has 1 N–H and O–H groups in total. The molecule has 2 heterocycles. The van der Waals surface area contributed by atoms with Crippen LogP contribution in [-0.2, 0) is 7.05 Å². The van der Waals surface area contributed by atoms with Gasteiger partial charge >= 0.3 is 0 Å². The fourth-order valence-corrected chi connectivity index (χ4v) is 3.83. The molecule has 1 aliphatic rings. The summed E-state index contributed by atoms with van der Waals surface area (Å²) < 4.78 is 1.84. The molecule has 0 spiro atoms. The third-order valence-electron chi connectivity index (χ3n) is 4.61. The minimum Gasteiger partial charge on any atom is -0.383 e. The van der Waals surface area contributed by atoms with Crippen molar-refractivity contribution in [3.8, 4) is 0 Å². The fourth-order valence-electron chi connectivity index (χ4n) is 3.08. The summed E-state index contributed by atoms with van der Waals surface area (Å²) in [6.45, 7) is 5.87. The van der Waals surface area contributed by atoms with Gasteiger partial charge in [0.15, 0.2) is 0 Å². The van der Waals surface area contributed by atoms with Crippen LogP contribution in [0.25, 0.3) is 0 Å². The Morgan fingerprint density at radius 2 is 1.96 bits per heavy atom. The maximum atomic E-state index is 11.8. The van der Waals surface area contributed by atoms with Gasteiger partial charge in [-0.15, -0.1) is 0 Å². The quantitative estimate of drug-likeness (QED) is 0.700. The van der Waals surface area contributed by atoms with Crippen LogP contribution in [0, 0.1) is 0 Å². The number of para-hydroxylation sites is 1. The highest BCUT2D eigenvalue weighted by molar-refractivity contribution is 9.10. The molecule has 1 aromatic heterocycles. The Hall–Kier alpha value is -1.57. The Morgan fingerprint density at radius 1 is 1.23 bits per heavy atom. The Kier molecular flexibility index (Phi) is 6.56. The first kappa shape index (κ1) is 19.2. The first-order valence-corrected chi connectivity index (χ1v) is 9.91. The van der Waals surface area contributed by atoms with Crippen molar-refractivity contribution in [1.82, 2.24) is 14.7 Å². The fraction of sp³-hybridized carbons (Fsp3) is 0.444. The highest BCUT2D eigenvalue weighted by Crippen LogP contribution is 2.26. The summed E-state index contributed by atoms with van der Waals surface area (Å²) in [6.07, 6.45) is 2.68. The largest absolute Gasteiger partial charge is 0.383 e. The number of aryl methyl sites for hydroxylation is 1. The summed E-state index contributed by atoms with van der Waals surface area (Å²) in [7, 11) is 1.64. The van der Waals surface area contributed by atoms with Crippen molar-refractivity contribution in [1.29, 1.82) is 0 Å². The van der Waals surface area contributed by atoms with Gasteiger partial charge < -0.3 is 10.2 Å². The predicted molar refractivity (Wildman–Crippen MR) is 110 cm³/mol. The number of benzene rings is 1. The number of anilines is 2. The molecule has 2 aromatic rings. The summed E-state index contributed by atoms with van der Waals surface area (Å²) in [6, 6.07) is 8.02. The van der Waals surface area contributed by atoms with Crippen LogP contribution in [0.5, 0.6) is 0 Å². The second-order valence-electron chi connectivity index (χ2n) is 6.36. The highest BCUT2D eigenvalue weighted by Gasteiger charge is 2.18. The number of nitrogens with zero attached hydrogens (tertiary/aromatic N) is 4. The summed E-state index contributed by atoms with van der Waals surface area (Å²) in [5, 5.41) is 8.14. The maximum Gasteiger partial charge on any atom is 0.282 e. The van der Waals surface area contributed by atoms with Crippen molar-refractivity contribution in [2.45, 2.75) is 6.42 Å². The van der Waals surface area contributed by atoms with E-state index in [0.29, 0.717) is 4.47 Å². The Labute approximate surface area is 166 Å². The molecule has 0 atom stereocenters. The minimum absolute atomic E-state index is 0.134. The normalized spacial score (nSPS) is 15.3. The molecule has 0 amide bonds. The predicted octanol–water partition coefficient (Wildman–Crippen LogP) is 2.82. The van der Waals surface area contributed by atoms with Crippen molar-refractivity contribution in [2.24, 2.45) is 7.05 Å². The molecule has 3 rings (SSSR count). The lowest BCUT2D eigenvalue weighted by atomic mass is 10.2. The molecule has 0 bridgehead atoms. The zero-order valence-electron chi connectivity index (χ0n) is 14.8. The molecule has 1 saturated heterocycles. The van der Waals surface area contributed by atoms with Crippen LogP contribution in [-0.4, -0.2) is 53.9 Å². The van der Waals surface area contributed by atoms with Crippen molar-refractivity contribution < 1.29 is 0 Å². The second-order valence-corrected chi connectivity index (χ2v) is 7.56. The first-order valence-electron chi connectivity index (χ1n) is 8.74. The van der Waals surface area contributed by atoms with Crippen molar-refractivity contribution in [3.05, 3.63) is 50.3 Å². The van der Waals surface area contributed by atoms with Gasteiger partial charge in [0.1, 0.15) is 4.47 Å². The minimum atomic E-state index is -0.134. The van der Waals surface area contributed by atoms with E-state index in [0.717, 1.165) is 62.1 Å². The maximum absolute atomic E-state index is 11.8. The molecule has 1 aliphatic heterocycles. The monoisotopic (exact) mass is 439 g/mol. The molecule has 8 heteroatoms. The van der Waals surface area contributed by atoms with Gasteiger partial charge in [-0.25, -0.2) is 4.68 Å². The van der Waals surface area contributed by atoms with Gasteiger partial charge in [-0.1, -0.05) is 23.7 Å². The SMILES string of the molecule is Cn1ncc(NCCCN2CCN(c3ccccc3Cl)CC2)c(Br)c1=O. The van der Waals surface area contributed by atoms with Crippen molar-refractivity contribution in [3.63, 3.8) is 0 Å². The Bertz CT molecular complexity index is 804. The molecule has 26 heavy (non-hydrogen) atoms. The molecule has 0 unspecified atom stereocenters. The lowest BCUT2D eigenvalue weighted by Crippen LogP contribution is -2.46. The molecule has 1 fully saturated rings. The Balaban J connectivity index is 1.41. The number of hydrogen-bond donors (Lipinski definition) is 1. The molecule has 0 radical (unpaired) electrons. The summed E-state index contributed by atoms with van der Waals surface area (Å²) in [5.74, 6) is 0. The van der Waals surface area contributed by atoms with E-state index in [4.69, 9.17) is 11.6 Å². The van der Waals surface area contributed by atoms with E-state index in [2.05, 4.69) is 42.2 Å². The van der Waals surface area contributed by atoms with E-state index in [-0.39, 0.29) is 5.56 Å². The number of piperazine rings is 1. The standard InChI is InChI=1S/C18H23BrClN5O/c1-23-18(26)17(19)15(13-22-23)21-7-4-8-24-9-11-25(12-10-24)16-6-3-2-5-14(16)20/h2-3,5-6,13,21H,4,7-12H2,1H3. The molecular weight excluding hydrogens is 418 g/mol. The van der Waals surface area contributed by atoms with Crippen LogP contribution in [0.3, 0.4) is 0 Å². The van der Waals surface area contributed by atoms with Gasteiger partial charge in [-0.3, -0.25) is 9.69 Å². The number of hydrogen-bond acceptors (Lipinski definition) is 5. The van der Waals surface area contributed by atoms with Gasteiger partial charge in [0.2, 0.25) is 0 Å². The van der Waals surface area contributed by atoms with Gasteiger partial charge in [-0.2, -0.15) is 5.10 Å². The van der Waals surface area contributed by atoms with Crippen LogP contribution in [0.15, 0.2) is 39.7 Å². The molecule has 0 aliphatic carbocycles. The number of nitrogens with one attached hydrogen (secondary N) is 1. The third kappa shape index (κ3) is 4.58. The summed E-state index contributed by atoms with van der Waals surface area (Å²) in [5.41, 5.74) is 1.74. The zero-order chi connectivity index (χ0) is 18.5. The number of halogens is 2.